The number of Topliss-reactive ketones (excluding diaryl/α,β-unsaturated/α-hetero) is 1. The van der Waals surface area contributed by atoms with E-state index in [9.17, 15) is 19.2 Å². The lowest BCUT2D eigenvalue weighted by Gasteiger charge is -2.18. The molecule has 5 rings (SSSR count). The maximum Gasteiger partial charge on any atom is 0.339 e. The van der Waals surface area contributed by atoms with Crippen molar-refractivity contribution < 1.29 is 23.9 Å². The number of halogens is 3. The fourth-order valence-electron chi connectivity index (χ4n) is 4.06. The number of esters is 1. The van der Waals surface area contributed by atoms with Crippen LogP contribution < -0.4 is 4.90 Å². The number of fused-ring (bicyclic) bond motifs is 1. The molecule has 0 saturated carbocycles. The second kappa shape index (κ2) is 10.4. The zero-order valence-electron chi connectivity index (χ0n) is 19.4. The molecule has 0 aliphatic carbocycles. The van der Waals surface area contributed by atoms with Gasteiger partial charge >= 0.3 is 5.97 Å². The third-order valence-electron chi connectivity index (χ3n) is 5.98. The summed E-state index contributed by atoms with van der Waals surface area (Å²) >= 11 is 18.0. The fraction of sp³-hybridized carbons (Fsp3) is 0.0345. The molecule has 38 heavy (non-hydrogen) atoms. The fourth-order valence-corrected chi connectivity index (χ4v) is 4.51. The molecule has 0 aromatic heterocycles. The SMILES string of the molecule is O=C(O[C@@H](C(=O)c1ccc(Cl)cc1)c1ccccc1)c1ccc(N2C(=O)c3cc(Cl)c(Cl)cc3C2=O)cc1. The maximum atomic E-state index is 13.3. The number of ether oxygens (including phenoxy) is 1. The number of carbonyl (C=O) groups excluding carboxylic acids is 4. The highest BCUT2D eigenvalue weighted by atomic mass is 35.5. The van der Waals surface area contributed by atoms with Crippen LogP contribution in [0.5, 0.6) is 0 Å². The van der Waals surface area contributed by atoms with Crippen LogP contribution in [0.15, 0.2) is 91.0 Å². The van der Waals surface area contributed by atoms with Gasteiger partial charge in [-0.25, -0.2) is 9.69 Å². The Balaban J connectivity index is 1.39. The predicted molar refractivity (Wildman–Crippen MR) is 144 cm³/mol. The molecule has 6 nitrogen and oxygen atoms in total. The lowest BCUT2D eigenvalue weighted by atomic mass is 9.99. The number of ketones is 1. The number of amides is 2. The van der Waals surface area contributed by atoms with Gasteiger partial charge in [0.2, 0.25) is 5.78 Å². The molecule has 0 bridgehead atoms. The Kier molecular flexibility index (Phi) is 7.04. The summed E-state index contributed by atoms with van der Waals surface area (Å²) in [6, 6.07) is 23.4. The quantitative estimate of drug-likeness (QED) is 0.140. The Labute approximate surface area is 232 Å². The number of anilines is 1. The Morgan fingerprint density at radius 3 is 1.76 bits per heavy atom. The van der Waals surface area contributed by atoms with E-state index in [2.05, 4.69) is 0 Å². The Morgan fingerprint density at radius 1 is 0.684 bits per heavy atom. The molecule has 9 heteroatoms. The number of carbonyl (C=O) groups is 4. The molecule has 0 spiro atoms. The summed E-state index contributed by atoms with van der Waals surface area (Å²) in [6.45, 7) is 0. The molecule has 1 aliphatic heterocycles. The van der Waals surface area contributed by atoms with Crippen molar-refractivity contribution in [1.82, 2.24) is 0 Å². The first-order valence-corrected chi connectivity index (χ1v) is 12.4. The lowest BCUT2D eigenvalue weighted by Crippen LogP contribution is -2.29. The Morgan fingerprint density at radius 2 is 1.21 bits per heavy atom. The molecule has 1 atom stereocenters. The molecule has 0 fully saturated rings. The number of imide groups is 1. The van der Waals surface area contributed by atoms with Crippen LogP contribution >= 0.6 is 34.8 Å². The second-order valence-corrected chi connectivity index (χ2v) is 9.62. The van der Waals surface area contributed by atoms with Crippen molar-refractivity contribution in [2.24, 2.45) is 0 Å². The summed E-state index contributed by atoms with van der Waals surface area (Å²) < 4.78 is 5.66. The normalized spacial score (nSPS) is 13.3. The number of benzene rings is 4. The van der Waals surface area contributed by atoms with E-state index in [1.165, 1.54) is 36.4 Å². The van der Waals surface area contributed by atoms with E-state index in [-0.39, 0.29) is 32.4 Å². The molecule has 1 aliphatic rings. The van der Waals surface area contributed by atoms with E-state index in [1.807, 2.05) is 0 Å². The highest BCUT2D eigenvalue weighted by Crippen LogP contribution is 2.34. The number of hydrogen-bond donors (Lipinski definition) is 0. The molecule has 1 heterocycles. The van der Waals surface area contributed by atoms with Crippen molar-refractivity contribution in [3.63, 3.8) is 0 Å². The number of rotatable bonds is 6. The monoisotopic (exact) mass is 563 g/mol. The van der Waals surface area contributed by atoms with Crippen LogP contribution in [0.2, 0.25) is 15.1 Å². The highest BCUT2D eigenvalue weighted by Gasteiger charge is 2.37. The summed E-state index contributed by atoms with van der Waals surface area (Å²) in [6.07, 6.45) is -1.20. The maximum absolute atomic E-state index is 13.3. The summed E-state index contributed by atoms with van der Waals surface area (Å²) in [7, 11) is 0. The van der Waals surface area contributed by atoms with Crippen LogP contribution in [-0.4, -0.2) is 23.6 Å². The van der Waals surface area contributed by atoms with Crippen molar-refractivity contribution in [2.75, 3.05) is 4.90 Å². The minimum absolute atomic E-state index is 0.126. The first-order chi connectivity index (χ1) is 18.2. The van der Waals surface area contributed by atoms with E-state index in [0.29, 0.717) is 16.1 Å². The average Bonchev–Trinajstić information content (AvgIpc) is 3.16. The van der Waals surface area contributed by atoms with Gasteiger partial charge in [-0.1, -0.05) is 65.1 Å². The molecule has 2 amide bonds. The van der Waals surface area contributed by atoms with Crippen LogP contribution in [0.3, 0.4) is 0 Å². The van der Waals surface area contributed by atoms with Crippen LogP contribution in [0, 0.1) is 0 Å². The van der Waals surface area contributed by atoms with E-state index < -0.39 is 29.7 Å². The van der Waals surface area contributed by atoms with Gasteiger partial charge in [0, 0.05) is 16.1 Å². The molecule has 188 valence electrons. The van der Waals surface area contributed by atoms with Gasteiger partial charge in [0.1, 0.15) is 0 Å². The number of hydrogen-bond acceptors (Lipinski definition) is 5. The second-order valence-electron chi connectivity index (χ2n) is 8.37. The minimum atomic E-state index is -1.20. The summed E-state index contributed by atoms with van der Waals surface area (Å²) in [5.41, 5.74) is 1.48. The predicted octanol–water partition coefficient (Wildman–Crippen LogP) is 7.23. The van der Waals surface area contributed by atoms with E-state index in [4.69, 9.17) is 39.5 Å². The van der Waals surface area contributed by atoms with Gasteiger partial charge < -0.3 is 4.74 Å². The van der Waals surface area contributed by atoms with Gasteiger partial charge in [0.25, 0.3) is 11.8 Å². The van der Waals surface area contributed by atoms with Gasteiger partial charge in [-0.2, -0.15) is 0 Å². The zero-order chi connectivity index (χ0) is 27.0. The third kappa shape index (κ3) is 4.82. The van der Waals surface area contributed by atoms with Crippen LogP contribution in [0.4, 0.5) is 5.69 Å². The van der Waals surface area contributed by atoms with Crippen LogP contribution in [0.25, 0.3) is 0 Å². The third-order valence-corrected chi connectivity index (χ3v) is 6.96. The topological polar surface area (TPSA) is 80.8 Å². The molecule has 0 N–H and O–H groups in total. The summed E-state index contributed by atoms with van der Waals surface area (Å²) in [4.78, 5) is 53.1. The van der Waals surface area contributed by atoms with Crippen molar-refractivity contribution >= 4 is 64.1 Å². The first-order valence-electron chi connectivity index (χ1n) is 11.3. The van der Waals surface area contributed by atoms with Crippen LogP contribution in [-0.2, 0) is 4.74 Å². The average molecular weight is 565 g/mol. The van der Waals surface area contributed by atoms with E-state index in [0.717, 1.165) is 4.90 Å². The molecule has 4 aromatic rings. The van der Waals surface area contributed by atoms with Gasteiger partial charge in [0.05, 0.1) is 32.4 Å². The molecule has 0 radical (unpaired) electrons. The van der Waals surface area contributed by atoms with Crippen LogP contribution in [0.1, 0.15) is 53.1 Å². The van der Waals surface area contributed by atoms with Gasteiger partial charge in [-0.15, -0.1) is 0 Å². The van der Waals surface area contributed by atoms with Gasteiger partial charge in [-0.3, -0.25) is 14.4 Å². The highest BCUT2D eigenvalue weighted by molar-refractivity contribution is 6.44. The van der Waals surface area contributed by atoms with Crippen molar-refractivity contribution in [3.05, 3.63) is 134 Å². The molecular weight excluding hydrogens is 549 g/mol. The van der Waals surface area contributed by atoms with Crippen molar-refractivity contribution in [2.45, 2.75) is 6.10 Å². The van der Waals surface area contributed by atoms with Gasteiger partial charge in [-0.05, 0) is 60.7 Å². The molecule has 0 unspecified atom stereocenters. The molecule has 0 saturated heterocycles. The zero-order valence-corrected chi connectivity index (χ0v) is 21.6. The largest absolute Gasteiger partial charge is 0.445 e. The standard InChI is InChI=1S/C29H16Cl3NO5/c30-19-10-6-16(7-11-19)25(34)26(17-4-2-1-3-5-17)38-29(37)18-8-12-20(13-9-18)33-27(35)21-14-23(31)24(32)15-22(21)28(33)36/h1-15,26H/t26-/m1/s1. The Hall–Kier alpha value is -3.97. The van der Waals surface area contributed by atoms with E-state index in [1.54, 1.807) is 54.6 Å². The van der Waals surface area contributed by atoms with Gasteiger partial charge in [0.15, 0.2) is 6.10 Å². The smallest absolute Gasteiger partial charge is 0.339 e. The Bertz CT molecular complexity index is 1540. The van der Waals surface area contributed by atoms with E-state index >= 15 is 0 Å². The number of nitrogens with zero attached hydrogens (tertiary/aromatic N) is 1. The van der Waals surface area contributed by atoms with Crippen molar-refractivity contribution in [3.8, 4) is 0 Å². The minimum Gasteiger partial charge on any atom is -0.445 e. The lowest BCUT2D eigenvalue weighted by molar-refractivity contribution is 0.0280. The molecular formula is C29H16Cl3NO5. The molecule has 4 aromatic carbocycles. The summed E-state index contributed by atoms with van der Waals surface area (Å²) in [5.74, 6) is -2.29. The van der Waals surface area contributed by atoms with Crippen molar-refractivity contribution in [1.29, 1.82) is 0 Å². The summed E-state index contributed by atoms with van der Waals surface area (Å²) in [5, 5.41) is 0.791. The first kappa shape index (κ1) is 25.7.